The van der Waals surface area contributed by atoms with Crippen LogP contribution in [0.15, 0.2) is 73.1 Å². The zero-order chi connectivity index (χ0) is 20.8. The SMILES string of the molecule is CC(=O)c1cccc(Nc2cncc(C(=O)N(Cc3ccccc3)C(C)C)c2)c1. The van der Waals surface area contributed by atoms with E-state index in [4.69, 9.17) is 0 Å². The molecule has 3 rings (SSSR count). The second-order valence-electron chi connectivity index (χ2n) is 7.24. The number of carbonyl (C=O) groups is 2. The van der Waals surface area contributed by atoms with Gasteiger partial charge in [0.15, 0.2) is 5.78 Å². The zero-order valence-corrected chi connectivity index (χ0v) is 16.9. The van der Waals surface area contributed by atoms with Gasteiger partial charge in [-0.15, -0.1) is 0 Å². The summed E-state index contributed by atoms with van der Waals surface area (Å²) >= 11 is 0. The fourth-order valence-electron chi connectivity index (χ4n) is 3.04. The Morgan fingerprint density at radius 1 is 0.931 bits per heavy atom. The van der Waals surface area contributed by atoms with Crippen molar-refractivity contribution in [1.29, 1.82) is 0 Å². The first kappa shape index (κ1) is 20.3. The summed E-state index contributed by atoms with van der Waals surface area (Å²) in [4.78, 5) is 30.8. The minimum atomic E-state index is -0.0718. The van der Waals surface area contributed by atoms with E-state index >= 15 is 0 Å². The van der Waals surface area contributed by atoms with Crippen molar-refractivity contribution in [2.75, 3.05) is 5.32 Å². The van der Waals surface area contributed by atoms with Crippen LogP contribution >= 0.6 is 0 Å². The Hall–Kier alpha value is -3.47. The molecule has 0 fully saturated rings. The summed E-state index contributed by atoms with van der Waals surface area (Å²) in [6.07, 6.45) is 3.24. The molecule has 5 heteroatoms. The highest BCUT2D eigenvalue weighted by molar-refractivity contribution is 5.96. The maximum absolute atomic E-state index is 13.2. The molecule has 2 aromatic carbocycles. The van der Waals surface area contributed by atoms with E-state index in [1.165, 1.54) is 6.92 Å². The van der Waals surface area contributed by atoms with Crippen LogP contribution in [0.25, 0.3) is 0 Å². The second kappa shape index (κ2) is 9.15. The molecule has 0 spiro atoms. The number of amides is 1. The molecule has 0 aliphatic rings. The lowest BCUT2D eigenvalue weighted by Gasteiger charge is -2.27. The molecular weight excluding hydrogens is 362 g/mol. The molecule has 0 atom stereocenters. The molecule has 0 aliphatic heterocycles. The second-order valence-corrected chi connectivity index (χ2v) is 7.24. The van der Waals surface area contributed by atoms with E-state index in [0.29, 0.717) is 23.4 Å². The number of aromatic nitrogens is 1. The number of ketones is 1. The molecular formula is C24H25N3O2. The van der Waals surface area contributed by atoms with E-state index in [0.717, 1.165) is 11.3 Å². The molecule has 0 saturated carbocycles. The monoisotopic (exact) mass is 387 g/mol. The minimum Gasteiger partial charge on any atom is -0.354 e. The van der Waals surface area contributed by atoms with E-state index < -0.39 is 0 Å². The summed E-state index contributed by atoms with van der Waals surface area (Å²) in [6.45, 7) is 6.08. The third-order valence-electron chi connectivity index (χ3n) is 4.62. The molecule has 0 radical (unpaired) electrons. The molecule has 3 aromatic rings. The lowest BCUT2D eigenvalue weighted by atomic mass is 10.1. The quantitative estimate of drug-likeness (QED) is 0.574. The predicted octanol–water partition coefficient (Wildman–Crippen LogP) is 5.08. The maximum atomic E-state index is 13.2. The predicted molar refractivity (Wildman–Crippen MR) is 115 cm³/mol. The van der Waals surface area contributed by atoms with Crippen LogP contribution in [-0.4, -0.2) is 27.6 Å². The average Bonchev–Trinajstić information content (AvgIpc) is 2.72. The number of nitrogens with one attached hydrogen (secondary N) is 1. The first-order valence-corrected chi connectivity index (χ1v) is 9.62. The molecule has 1 aromatic heterocycles. The van der Waals surface area contributed by atoms with Crippen molar-refractivity contribution in [1.82, 2.24) is 9.88 Å². The number of anilines is 2. The van der Waals surface area contributed by atoms with Gasteiger partial charge in [-0.25, -0.2) is 0 Å². The van der Waals surface area contributed by atoms with Crippen molar-refractivity contribution in [3.63, 3.8) is 0 Å². The summed E-state index contributed by atoms with van der Waals surface area (Å²) in [6, 6.07) is 19.0. The summed E-state index contributed by atoms with van der Waals surface area (Å²) < 4.78 is 0. The van der Waals surface area contributed by atoms with Gasteiger partial charge in [0.05, 0.1) is 17.4 Å². The van der Waals surface area contributed by atoms with Crippen LogP contribution in [0.5, 0.6) is 0 Å². The Bertz CT molecular complexity index is 1000. The molecule has 0 saturated heterocycles. The molecule has 5 nitrogen and oxygen atoms in total. The first-order valence-electron chi connectivity index (χ1n) is 9.62. The Morgan fingerprint density at radius 2 is 1.66 bits per heavy atom. The molecule has 1 amide bonds. The van der Waals surface area contributed by atoms with Crippen molar-refractivity contribution in [2.45, 2.75) is 33.4 Å². The van der Waals surface area contributed by atoms with E-state index in [2.05, 4.69) is 10.3 Å². The molecule has 0 unspecified atom stereocenters. The highest BCUT2D eigenvalue weighted by Gasteiger charge is 2.20. The van der Waals surface area contributed by atoms with Gasteiger partial charge in [-0.1, -0.05) is 42.5 Å². The van der Waals surface area contributed by atoms with Gasteiger partial charge in [0.25, 0.3) is 5.91 Å². The zero-order valence-electron chi connectivity index (χ0n) is 16.9. The molecule has 29 heavy (non-hydrogen) atoms. The van der Waals surface area contributed by atoms with Crippen molar-refractivity contribution < 1.29 is 9.59 Å². The van der Waals surface area contributed by atoms with Crippen LogP contribution < -0.4 is 5.32 Å². The van der Waals surface area contributed by atoms with Crippen molar-refractivity contribution in [2.24, 2.45) is 0 Å². The van der Waals surface area contributed by atoms with Crippen molar-refractivity contribution >= 4 is 23.1 Å². The summed E-state index contributed by atoms with van der Waals surface area (Å²) in [5, 5.41) is 3.23. The number of benzene rings is 2. The minimum absolute atomic E-state index is 0.00388. The van der Waals surface area contributed by atoms with E-state index in [9.17, 15) is 9.59 Å². The highest BCUT2D eigenvalue weighted by Crippen LogP contribution is 2.20. The topological polar surface area (TPSA) is 62.3 Å². The van der Waals surface area contributed by atoms with Gasteiger partial charge in [-0.3, -0.25) is 14.6 Å². The Morgan fingerprint density at radius 3 is 2.34 bits per heavy atom. The van der Waals surface area contributed by atoms with Crippen LogP contribution in [0.1, 0.15) is 47.1 Å². The number of pyridine rings is 1. The largest absolute Gasteiger partial charge is 0.354 e. The maximum Gasteiger partial charge on any atom is 0.256 e. The first-order chi connectivity index (χ1) is 13.9. The molecule has 148 valence electrons. The summed E-state index contributed by atoms with van der Waals surface area (Å²) in [7, 11) is 0. The van der Waals surface area contributed by atoms with Gasteiger partial charge < -0.3 is 10.2 Å². The number of hydrogen-bond donors (Lipinski definition) is 1. The van der Waals surface area contributed by atoms with E-state index in [-0.39, 0.29) is 17.7 Å². The summed E-state index contributed by atoms with van der Waals surface area (Å²) in [5.74, 6) is -0.0679. The Kier molecular flexibility index (Phi) is 6.39. The number of carbonyl (C=O) groups excluding carboxylic acids is 2. The molecule has 1 N–H and O–H groups in total. The van der Waals surface area contributed by atoms with Crippen LogP contribution in [0.3, 0.4) is 0 Å². The highest BCUT2D eigenvalue weighted by atomic mass is 16.2. The van der Waals surface area contributed by atoms with E-state index in [1.807, 2.05) is 61.2 Å². The van der Waals surface area contributed by atoms with Gasteiger partial charge >= 0.3 is 0 Å². The molecule has 0 bridgehead atoms. The standard InChI is InChI=1S/C24H25N3O2/c1-17(2)27(16-19-8-5-4-6-9-19)24(29)21-13-23(15-25-14-21)26-22-11-7-10-20(12-22)18(3)28/h4-15,17,26H,16H2,1-3H3. The number of Topliss-reactive ketones (excluding diaryl/α,β-unsaturated/α-hetero) is 1. The smallest absolute Gasteiger partial charge is 0.256 e. The van der Waals surface area contributed by atoms with E-state index in [1.54, 1.807) is 30.6 Å². The van der Waals surface area contributed by atoms with Gasteiger partial charge in [-0.2, -0.15) is 0 Å². The summed E-state index contributed by atoms with van der Waals surface area (Å²) in [5.41, 5.74) is 3.69. The third kappa shape index (κ3) is 5.29. The van der Waals surface area contributed by atoms with Gasteiger partial charge in [-0.05, 0) is 44.5 Å². The van der Waals surface area contributed by atoms with Gasteiger partial charge in [0, 0.05) is 30.0 Å². The molecule has 1 heterocycles. The number of nitrogens with zero attached hydrogens (tertiary/aromatic N) is 2. The van der Waals surface area contributed by atoms with Crippen LogP contribution in [0.4, 0.5) is 11.4 Å². The Labute approximate surface area is 171 Å². The lowest BCUT2D eigenvalue weighted by Crippen LogP contribution is -2.36. The number of hydrogen-bond acceptors (Lipinski definition) is 4. The van der Waals surface area contributed by atoms with Gasteiger partial charge in [0.2, 0.25) is 0 Å². The average molecular weight is 387 g/mol. The number of rotatable bonds is 7. The normalized spacial score (nSPS) is 10.6. The van der Waals surface area contributed by atoms with Gasteiger partial charge in [0.1, 0.15) is 0 Å². The van der Waals surface area contributed by atoms with Crippen molar-refractivity contribution in [3.05, 3.63) is 89.7 Å². The van der Waals surface area contributed by atoms with Crippen LogP contribution in [0, 0.1) is 0 Å². The van der Waals surface area contributed by atoms with Crippen molar-refractivity contribution in [3.8, 4) is 0 Å². The van der Waals surface area contributed by atoms with Crippen LogP contribution in [-0.2, 0) is 6.54 Å². The Balaban J connectivity index is 1.80. The fourth-order valence-corrected chi connectivity index (χ4v) is 3.04. The molecule has 0 aliphatic carbocycles. The van der Waals surface area contributed by atoms with Crippen LogP contribution in [0.2, 0.25) is 0 Å². The lowest BCUT2D eigenvalue weighted by molar-refractivity contribution is 0.0690. The third-order valence-corrected chi connectivity index (χ3v) is 4.62. The fraction of sp³-hybridized carbons (Fsp3) is 0.208.